The van der Waals surface area contributed by atoms with E-state index in [4.69, 9.17) is 37.0 Å². The van der Waals surface area contributed by atoms with Gasteiger partial charge in [-0.05, 0) is 31.6 Å². The van der Waals surface area contributed by atoms with Crippen LogP contribution < -0.4 is 0 Å². The number of hydrogen-bond donors (Lipinski definition) is 3. The van der Waals surface area contributed by atoms with Crippen LogP contribution in [0.1, 0.15) is 375 Å². The number of esters is 4. The molecule has 0 aromatic rings. The summed E-state index contributed by atoms with van der Waals surface area (Å²) < 4.78 is 68.1. The standard InChI is InChI=1S/C72H140O17P2/c1-6-9-12-15-17-19-21-22-23-24-25-26-27-28-29-35-39-43-48-53-58-72(77)89-68(62-83-70(75)56-51-46-41-37-34-31-30-33-36-40-45-49-54-65(4)5)64-87-91(80,81)85-60-66(73)59-84-90(78,79)86-63-67(61-82-69(74)55-50-44-14-11-8-3)88-71(76)57-52-47-42-38-32-20-18-16-13-10-7-2/h65-68,73H,6-64H2,1-5H3,(H,78,79)(H,80,81)/t66-,67+,68+/m0/s1. The molecule has 0 aliphatic carbocycles. The molecule has 0 saturated heterocycles. The van der Waals surface area contributed by atoms with E-state index in [-0.39, 0.29) is 25.7 Å². The zero-order valence-electron chi connectivity index (χ0n) is 59.0. The van der Waals surface area contributed by atoms with Crippen molar-refractivity contribution < 1.29 is 80.2 Å². The van der Waals surface area contributed by atoms with Gasteiger partial charge in [-0.1, -0.05) is 324 Å². The lowest BCUT2D eigenvalue weighted by Gasteiger charge is -2.21. The first-order chi connectivity index (χ1) is 44.0. The molecule has 0 aliphatic heterocycles. The molecule has 19 heteroatoms. The highest BCUT2D eigenvalue weighted by Crippen LogP contribution is 2.45. The fraction of sp³-hybridized carbons (Fsp3) is 0.944. The van der Waals surface area contributed by atoms with E-state index in [9.17, 15) is 43.2 Å². The summed E-state index contributed by atoms with van der Waals surface area (Å²) in [6, 6.07) is 0. The molecule has 0 radical (unpaired) electrons. The van der Waals surface area contributed by atoms with Crippen LogP contribution in [0.5, 0.6) is 0 Å². The predicted octanol–water partition coefficient (Wildman–Crippen LogP) is 20.9. The zero-order chi connectivity index (χ0) is 67.0. The molecule has 0 aliphatic rings. The average molecular weight is 1340 g/mol. The highest BCUT2D eigenvalue weighted by molar-refractivity contribution is 7.47. The maximum absolute atomic E-state index is 13.0. The quantitative estimate of drug-likeness (QED) is 0.0222. The first-order valence-electron chi connectivity index (χ1n) is 37.6. The van der Waals surface area contributed by atoms with Gasteiger partial charge >= 0.3 is 39.5 Å². The van der Waals surface area contributed by atoms with Gasteiger partial charge in [0.1, 0.15) is 19.3 Å². The Hall–Kier alpha value is -1.94. The number of aliphatic hydroxyl groups excluding tert-OH is 1. The lowest BCUT2D eigenvalue weighted by atomic mass is 10.0. The summed E-state index contributed by atoms with van der Waals surface area (Å²) in [5.41, 5.74) is 0. The normalized spacial score (nSPS) is 14.0. The molecular weight excluding hydrogens is 1200 g/mol. The minimum Gasteiger partial charge on any atom is -0.462 e. The number of phosphoric acid groups is 2. The summed E-state index contributed by atoms with van der Waals surface area (Å²) in [6.45, 7) is 7.18. The van der Waals surface area contributed by atoms with E-state index in [2.05, 4.69) is 34.6 Å². The molecule has 0 spiro atoms. The second kappa shape index (κ2) is 65.4. The van der Waals surface area contributed by atoms with Gasteiger partial charge in [0.2, 0.25) is 0 Å². The van der Waals surface area contributed by atoms with Crippen LogP contribution in [0.15, 0.2) is 0 Å². The van der Waals surface area contributed by atoms with E-state index in [1.807, 2.05) is 0 Å². The molecule has 0 amide bonds. The van der Waals surface area contributed by atoms with E-state index in [1.54, 1.807) is 0 Å². The summed E-state index contributed by atoms with van der Waals surface area (Å²) in [5.74, 6) is -1.35. The highest BCUT2D eigenvalue weighted by Gasteiger charge is 2.30. The van der Waals surface area contributed by atoms with E-state index in [1.165, 1.54) is 193 Å². The van der Waals surface area contributed by atoms with Crippen LogP contribution in [0.3, 0.4) is 0 Å². The van der Waals surface area contributed by atoms with Gasteiger partial charge in [0, 0.05) is 25.7 Å². The number of hydrogen-bond acceptors (Lipinski definition) is 15. The van der Waals surface area contributed by atoms with Crippen molar-refractivity contribution in [3.63, 3.8) is 0 Å². The van der Waals surface area contributed by atoms with Crippen LogP contribution in [0.4, 0.5) is 0 Å². The molecule has 3 N–H and O–H groups in total. The number of unbranched alkanes of at least 4 members (excludes halogenated alkanes) is 44. The van der Waals surface area contributed by atoms with Gasteiger partial charge in [-0.3, -0.25) is 37.3 Å². The lowest BCUT2D eigenvalue weighted by molar-refractivity contribution is -0.161. The molecule has 17 nitrogen and oxygen atoms in total. The fourth-order valence-electron chi connectivity index (χ4n) is 11.0. The number of phosphoric ester groups is 2. The van der Waals surface area contributed by atoms with Gasteiger partial charge < -0.3 is 33.8 Å². The van der Waals surface area contributed by atoms with Crippen molar-refractivity contribution in [2.75, 3.05) is 39.6 Å². The van der Waals surface area contributed by atoms with Crippen LogP contribution in [0.25, 0.3) is 0 Å². The van der Waals surface area contributed by atoms with Crippen LogP contribution in [-0.2, 0) is 65.4 Å². The first-order valence-corrected chi connectivity index (χ1v) is 40.6. The van der Waals surface area contributed by atoms with E-state index < -0.39 is 97.5 Å². The molecular formula is C72H140O17P2. The number of ether oxygens (including phenoxy) is 4. The van der Waals surface area contributed by atoms with E-state index >= 15 is 0 Å². The molecule has 0 heterocycles. The minimum atomic E-state index is -4.95. The fourth-order valence-corrected chi connectivity index (χ4v) is 12.6. The number of rotatable bonds is 72. The van der Waals surface area contributed by atoms with Crippen molar-refractivity contribution in [3.05, 3.63) is 0 Å². The maximum Gasteiger partial charge on any atom is 0.472 e. The molecule has 5 atom stereocenters. The minimum absolute atomic E-state index is 0.106. The van der Waals surface area contributed by atoms with Gasteiger partial charge in [0.15, 0.2) is 12.2 Å². The monoisotopic (exact) mass is 1340 g/mol. The van der Waals surface area contributed by atoms with Crippen molar-refractivity contribution in [2.24, 2.45) is 5.92 Å². The van der Waals surface area contributed by atoms with Crippen LogP contribution in [0.2, 0.25) is 0 Å². The van der Waals surface area contributed by atoms with Gasteiger partial charge in [-0.15, -0.1) is 0 Å². The molecule has 0 saturated carbocycles. The molecule has 0 rings (SSSR count). The SMILES string of the molecule is CCCCCCCCCCCCCCCCCCCCCCC(=O)O[C@H](COC(=O)CCCCCCCCCCCCCCC(C)C)COP(=O)(O)OC[C@@H](O)COP(=O)(O)OC[C@@H](COC(=O)CCCCCCC)OC(=O)CCCCCCCCCCCCC. The van der Waals surface area contributed by atoms with Crippen LogP contribution in [-0.4, -0.2) is 96.7 Å². The third-order valence-electron chi connectivity index (χ3n) is 16.8. The zero-order valence-corrected chi connectivity index (χ0v) is 60.8. The summed E-state index contributed by atoms with van der Waals surface area (Å²) in [4.78, 5) is 72.3. The Morgan fingerprint density at radius 2 is 0.505 bits per heavy atom. The van der Waals surface area contributed by atoms with E-state index in [0.717, 1.165) is 102 Å². The van der Waals surface area contributed by atoms with Crippen molar-refractivity contribution >= 4 is 39.5 Å². The van der Waals surface area contributed by atoms with Gasteiger partial charge in [-0.25, -0.2) is 9.13 Å². The summed E-state index contributed by atoms with van der Waals surface area (Å²) in [7, 11) is -9.89. The van der Waals surface area contributed by atoms with Crippen LogP contribution in [0, 0.1) is 5.92 Å². The maximum atomic E-state index is 13.0. The number of carbonyl (C=O) groups is 4. The number of aliphatic hydroxyl groups is 1. The summed E-state index contributed by atoms with van der Waals surface area (Å²) in [5, 5.41) is 10.6. The van der Waals surface area contributed by atoms with Crippen molar-refractivity contribution in [2.45, 2.75) is 393 Å². The molecule has 0 bridgehead atoms. The number of carbonyl (C=O) groups excluding carboxylic acids is 4. The Labute approximate surface area is 556 Å². The van der Waals surface area contributed by atoms with Crippen LogP contribution >= 0.6 is 15.6 Å². The topological polar surface area (TPSA) is 237 Å². The van der Waals surface area contributed by atoms with Crippen molar-refractivity contribution in [1.29, 1.82) is 0 Å². The third-order valence-corrected chi connectivity index (χ3v) is 18.7. The van der Waals surface area contributed by atoms with Gasteiger partial charge in [0.25, 0.3) is 0 Å². The lowest BCUT2D eigenvalue weighted by Crippen LogP contribution is -2.30. The predicted molar refractivity (Wildman–Crippen MR) is 368 cm³/mol. The second-order valence-corrected chi connectivity index (χ2v) is 29.4. The summed E-state index contributed by atoms with van der Waals surface area (Å²) >= 11 is 0. The Balaban J connectivity index is 5.13. The molecule has 0 aromatic heterocycles. The molecule has 0 aromatic carbocycles. The first kappa shape index (κ1) is 89.1. The summed E-state index contributed by atoms with van der Waals surface area (Å²) in [6.07, 6.45) is 53.2. The highest BCUT2D eigenvalue weighted by atomic mass is 31.2. The third kappa shape index (κ3) is 66.5. The van der Waals surface area contributed by atoms with Crippen molar-refractivity contribution in [1.82, 2.24) is 0 Å². The molecule has 0 fully saturated rings. The molecule has 91 heavy (non-hydrogen) atoms. The Kier molecular flexibility index (Phi) is 64.0. The average Bonchev–Trinajstić information content (AvgIpc) is 3.59. The molecule has 540 valence electrons. The largest absolute Gasteiger partial charge is 0.472 e. The van der Waals surface area contributed by atoms with Crippen molar-refractivity contribution in [3.8, 4) is 0 Å². The van der Waals surface area contributed by atoms with E-state index in [0.29, 0.717) is 25.7 Å². The smallest absolute Gasteiger partial charge is 0.462 e. The Morgan fingerprint density at radius 3 is 0.747 bits per heavy atom. The Bertz CT molecular complexity index is 1750. The van der Waals surface area contributed by atoms with Gasteiger partial charge in [-0.2, -0.15) is 0 Å². The second-order valence-electron chi connectivity index (χ2n) is 26.5. The molecule has 2 unspecified atom stereocenters. The van der Waals surface area contributed by atoms with Gasteiger partial charge in [0.05, 0.1) is 26.4 Å². The Morgan fingerprint density at radius 1 is 0.297 bits per heavy atom.